The van der Waals surface area contributed by atoms with Gasteiger partial charge in [0.2, 0.25) is 0 Å². The van der Waals surface area contributed by atoms with Gasteiger partial charge >= 0.3 is 0 Å². The van der Waals surface area contributed by atoms with Gasteiger partial charge in [-0.15, -0.1) is 0 Å². The highest BCUT2D eigenvalue weighted by molar-refractivity contribution is 6.30. The molecule has 0 spiro atoms. The number of ether oxygens (including phenoxy) is 1. The number of nitrogens with zero attached hydrogens (tertiary/aromatic N) is 2. The van der Waals surface area contributed by atoms with Gasteiger partial charge in [0, 0.05) is 43.3 Å². The van der Waals surface area contributed by atoms with Crippen LogP contribution in [0.2, 0.25) is 5.02 Å². The Morgan fingerprint density at radius 3 is 2.41 bits per heavy atom. The van der Waals surface area contributed by atoms with Gasteiger partial charge in [-0.25, -0.2) is 0 Å². The lowest BCUT2D eigenvalue weighted by molar-refractivity contribution is 0.0628. The van der Waals surface area contributed by atoms with Crippen LogP contribution >= 0.6 is 11.6 Å². The quantitative estimate of drug-likeness (QED) is 0.499. The zero-order chi connectivity index (χ0) is 22.5. The third-order valence-corrected chi connectivity index (χ3v) is 6.09. The van der Waals surface area contributed by atoms with E-state index in [1.54, 1.807) is 0 Å². The number of rotatable bonds is 6. The monoisotopic (exact) mass is 448 g/mol. The summed E-state index contributed by atoms with van der Waals surface area (Å²) in [6.07, 6.45) is 0. The summed E-state index contributed by atoms with van der Waals surface area (Å²) >= 11 is 6.10. The minimum absolute atomic E-state index is 0.0840. The molecule has 0 atom stereocenters. The Hall–Kier alpha value is -2.82. The molecule has 32 heavy (non-hydrogen) atoms. The van der Waals surface area contributed by atoms with Gasteiger partial charge in [0.1, 0.15) is 12.4 Å². The number of aryl methyl sites for hydroxylation is 2. The minimum Gasteiger partial charge on any atom is -0.489 e. The van der Waals surface area contributed by atoms with Gasteiger partial charge in [-0.05, 0) is 60.9 Å². The molecule has 5 heteroatoms. The highest BCUT2D eigenvalue weighted by atomic mass is 35.5. The Balaban J connectivity index is 1.32. The minimum atomic E-state index is 0.0840. The van der Waals surface area contributed by atoms with E-state index < -0.39 is 0 Å². The molecule has 1 aliphatic rings. The SMILES string of the molecule is Cc1ccc(OCc2cccc(C(=O)N3CCN(Cc4cccc(Cl)c4)CC3)c2)c(C)c1. The molecule has 1 fully saturated rings. The number of benzene rings is 3. The Morgan fingerprint density at radius 1 is 0.906 bits per heavy atom. The van der Waals surface area contributed by atoms with Gasteiger partial charge in [0.25, 0.3) is 5.91 Å². The second-order valence-corrected chi connectivity index (χ2v) is 8.89. The lowest BCUT2D eigenvalue weighted by Crippen LogP contribution is -2.48. The first kappa shape index (κ1) is 22.4. The van der Waals surface area contributed by atoms with Crippen LogP contribution in [0.25, 0.3) is 0 Å². The van der Waals surface area contributed by atoms with E-state index in [-0.39, 0.29) is 5.91 Å². The molecular formula is C27H29ClN2O2. The van der Waals surface area contributed by atoms with Crippen LogP contribution in [0.5, 0.6) is 5.75 Å². The summed E-state index contributed by atoms with van der Waals surface area (Å²) in [4.78, 5) is 17.4. The van der Waals surface area contributed by atoms with Gasteiger partial charge in [0.05, 0.1) is 0 Å². The Morgan fingerprint density at radius 2 is 1.66 bits per heavy atom. The number of halogens is 1. The average Bonchev–Trinajstić information content (AvgIpc) is 2.79. The summed E-state index contributed by atoms with van der Waals surface area (Å²) in [5, 5.41) is 0.762. The highest BCUT2D eigenvalue weighted by Gasteiger charge is 2.22. The molecular weight excluding hydrogens is 420 g/mol. The molecule has 1 aliphatic heterocycles. The van der Waals surface area contributed by atoms with Gasteiger partial charge in [-0.1, -0.05) is 53.6 Å². The topological polar surface area (TPSA) is 32.8 Å². The summed E-state index contributed by atoms with van der Waals surface area (Å²) < 4.78 is 6.00. The molecule has 3 aromatic rings. The number of piperazine rings is 1. The van der Waals surface area contributed by atoms with Gasteiger partial charge < -0.3 is 9.64 Å². The zero-order valence-corrected chi connectivity index (χ0v) is 19.4. The Bertz CT molecular complexity index is 1090. The van der Waals surface area contributed by atoms with Crippen molar-refractivity contribution in [2.45, 2.75) is 27.0 Å². The molecule has 4 rings (SSSR count). The van der Waals surface area contributed by atoms with Crippen molar-refractivity contribution in [3.05, 3.63) is 99.6 Å². The first-order chi connectivity index (χ1) is 15.5. The van der Waals surface area contributed by atoms with Gasteiger partial charge in [0.15, 0.2) is 0 Å². The lowest BCUT2D eigenvalue weighted by atomic mass is 10.1. The third kappa shape index (κ3) is 5.70. The van der Waals surface area contributed by atoms with E-state index in [1.165, 1.54) is 11.1 Å². The van der Waals surface area contributed by atoms with E-state index in [9.17, 15) is 4.79 Å². The summed E-state index contributed by atoms with van der Waals surface area (Å²) in [6.45, 7) is 8.58. The summed E-state index contributed by atoms with van der Waals surface area (Å²) in [5.74, 6) is 0.962. The smallest absolute Gasteiger partial charge is 0.253 e. The fraction of sp³-hybridized carbons (Fsp3) is 0.296. The molecule has 1 heterocycles. The molecule has 0 unspecified atom stereocenters. The first-order valence-electron chi connectivity index (χ1n) is 11.0. The van der Waals surface area contributed by atoms with Crippen molar-refractivity contribution in [3.63, 3.8) is 0 Å². The van der Waals surface area contributed by atoms with Crippen LogP contribution in [0.4, 0.5) is 0 Å². The summed E-state index contributed by atoms with van der Waals surface area (Å²) in [5.41, 5.74) is 5.25. The third-order valence-electron chi connectivity index (χ3n) is 5.85. The predicted octanol–water partition coefficient (Wildman–Crippen LogP) is 5.49. The molecule has 0 aromatic heterocycles. The number of carbonyl (C=O) groups is 1. The molecule has 1 amide bonds. The van der Waals surface area contributed by atoms with Crippen LogP contribution in [-0.4, -0.2) is 41.9 Å². The molecule has 4 nitrogen and oxygen atoms in total. The maximum atomic E-state index is 13.1. The van der Waals surface area contributed by atoms with E-state index >= 15 is 0 Å². The van der Waals surface area contributed by atoms with Crippen LogP contribution in [-0.2, 0) is 13.2 Å². The molecule has 0 saturated carbocycles. The average molecular weight is 449 g/mol. The van der Waals surface area contributed by atoms with Crippen LogP contribution in [0.1, 0.15) is 32.6 Å². The maximum absolute atomic E-state index is 13.1. The molecule has 3 aromatic carbocycles. The zero-order valence-electron chi connectivity index (χ0n) is 18.7. The number of hydrogen-bond donors (Lipinski definition) is 0. The van der Waals surface area contributed by atoms with Gasteiger partial charge in [-0.3, -0.25) is 9.69 Å². The molecule has 0 radical (unpaired) electrons. The number of carbonyl (C=O) groups excluding carboxylic acids is 1. The van der Waals surface area contributed by atoms with Crippen LogP contribution in [0, 0.1) is 13.8 Å². The summed E-state index contributed by atoms with van der Waals surface area (Å²) in [7, 11) is 0. The van der Waals surface area contributed by atoms with E-state index in [2.05, 4.69) is 24.0 Å². The number of hydrogen-bond acceptors (Lipinski definition) is 3. The molecule has 0 N–H and O–H groups in total. The Labute approximate surface area is 195 Å². The molecule has 166 valence electrons. The molecule has 0 aliphatic carbocycles. The fourth-order valence-corrected chi connectivity index (χ4v) is 4.31. The van der Waals surface area contributed by atoms with Crippen molar-refractivity contribution < 1.29 is 9.53 Å². The van der Waals surface area contributed by atoms with Crippen LogP contribution < -0.4 is 4.74 Å². The molecule has 0 bridgehead atoms. The summed E-state index contributed by atoms with van der Waals surface area (Å²) in [6, 6.07) is 21.9. The van der Waals surface area contributed by atoms with E-state index in [0.717, 1.165) is 60.2 Å². The second-order valence-electron chi connectivity index (χ2n) is 8.46. The first-order valence-corrected chi connectivity index (χ1v) is 11.4. The van der Waals surface area contributed by atoms with Crippen molar-refractivity contribution in [2.75, 3.05) is 26.2 Å². The Kier molecular flexibility index (Phi) is 7.13. The van der Waals surface area contributed by atoms with Crippen molar-refractivity contribution in [1.29, 1.82) is 0 Å². The van der Waals surface area contributed by atoms with Crippen molar-refractivity contribution in [1.82, 2.24) is 9.80 Å². The standard InChI is InChI=1S/C27H29ClN2O2/c1-20-9-10-26(21(2)15-20)32-19-23-6-3-7-24(16-23)27(31)30-13-11-29(12-14-30)18-22-5-4-8-25(28)17-22/h3-10,15-17H,11-14,18-19H2,1-2H3. The highest BCUT2D eigenvalue weighted by Crippen LogP contribution is 2.21. The van der Waals surface area contributed by atoms with Crippen LogP contribution in [0.15, 0.2) is 66.7 Å². The normalized spacial score (nSPS) is 14.4. The largest absolute Gasteiger partial charge is 0.489 e. The van der Waals surface area contributed by atoms with E-state index in [1.807, 2.05) is 66.4 Å². The van der Waals surface area contributed by atoms with Crippen molar-refractivity contribution in [2.24, 2.45) is 0 Å². The fourth-order valence-electron chi connectivity index (χ4n) is 4.10. The predicted molar refractivity (Wildman–Crippen MR) is 129 cm³/mol. The van der Waals surface area contributed by atoms with Crippen molar-refractivity contribution in [3.8, 4) is 5.75 Å². The number of amides is 1. The maximum Gasteiger partial charge on any atom is 0.253 e. The van der Waals surface area contributed by atoms with E-state index in [0.29, 0.717) is 6.61 Å². The molecule has 1 saturated heterocycles. The van der Waals surface area contributed by atoms with Crippen LogP contribution in [0.3, 0.4) is 0 Å². The van der Waals surface area contributed by atoms with Crippen molar-refractivity contribution >= 4 is 17.5 Å². The van der Waals surface area contributed by atoms with Gasteiger partial charge in [-0.2, -0.15) is 0 Å². The lowest BCUT2D eigenvalue weighted by Gasteiger charge is -2.35. The second kappa shape index (κ2) is 10.2. The van der Waals surface area contributed by atoms with E-state index in [4.69, 9.17) is 16.3 Å².